The molecule has 2 aromatic rings. The van der Waals surface area contributed by atoms with Crippen LogP contribution in [0, 0.1) is 0 Å². The van der Waals surface area contributed by atoms with E-state index in [0.29, 0.717) is 12.3 Å². The molecule has 0 bridgehead atoms. The van der Waals surface area contributed by atoms with Crippen molar-refractivity contribution in [3.63, 3.8) is 0 Å². The smallest absolute Gasteiger partial charge is 0.407 e. The molecule has 2 amide bonds. The topological polar surface area (TPSA) is 103 Å². The number of carbonyl (C=O) groups excluding carboxylic acids is 2. The van der Waals surface area contributed by atoms with Gasteiger partial charge in [0.2, 0.25) is 0 Å². The highest BCUT2D eigenvalue weighted by Crippen LogP contribution is 2.19. The van der Waals surface area contributed by atoms with E-state index in [4.69, 9.17) is 15.3 Å². The minimum atomic E-state index is -0.498. The molecule has 0 radical (unpaired) electrons. The number of hydrogen-bond donors (Lipinski definition) is 3. The Balaban J connectivity index is 1.77. The average Bonchev–Trinajstić information content (AvgIpc) is 2.69. The van der Waals surface area contributed by atoms with Gasteiger partial charge < -0.3 is 14.8 Å². The van der Waals surface area contributed by atoms with Crippen LogP contribution in [-0.4, -0.2) is 25.2 Å². The highest BCUT2D eigenvalue weighted by molar-refractivity contribution is 5.77. The van der Waals surface area contributed by atoms with Gasteiger partial charge >= 0.3 is 6.09 Å². The summed E-state index contributed by atoms with van der Waals surface area (Å²) < 4.78 is 10.5. The third-order valence-electron chi connectivity index (χ3n) is 3.31. The lowest BCUT2D eigenvalue weighted by Crippen LogP contribution is -2.34. The van der Waals surface area contributed by atoms with Gasteiger partial charge in [-0.1, -0.05) is 60.7 Å². The van der Waals surface area contributed by atoms with Crippen LogP contribution in [-0.2, 0) is 16.1 Å². The van der Waals surface area contributed by atoms with Gasteiger partial charge in [0.1, 0.15) is 12.4 Å². The van der Waals surface area contributed by atoms with Crippen LogP contribution in [0.3, 0.4) is 0 Å². The van der Waals surface area contributed by atoms with Crippen molar-refractivity contribution in [2.24, 2.45) is 5.84 Å². The van der Waals surface area contributed by atoms with E-state index in [1.807, 2.05) is 47.9 Å². The van der Waals surface area contributed by atoms with Gasteiger partial charge in [-0.05, 0) is 11.6 Å². The predicted molar refractivity (Wildman–Crippen MR) is 97.9 cm³/mol. The van der Waals surface area contributed by atoms with Gasteiger partial charge in [0, 0.05) is 12.1 Å². The SMILES string of the molecule is NNC(=O)COc1ccccc1C=CCNC(=O)OCc1ccccc1. The van der Waals surface area contributed by atoms with Crippen molar-refractivity contribution in [1.82, 2.24) is 10.7 Å². The summed E-state index contributed by atoms with van der Waals surface area (Å²) in [5.41, 5.74) is 3.70. The van der Waals surface area contributed by atoms with Gasteiger partial charge in [0.05, 0.1) is 0 Å². The first-order valence-corrected chi connectivity index (χ1v) is 8.01. The molecule has 0 heterocycles. The molecule has 0 atom stereocenters. The zero-order valence-electron chi connectivity index (χ0n) is 14.2. The van der Waals surface area contributed by atoms with Gasteiger partial charge in [-0.3, -0.25) is 10.2 Å². The standard InChI is InChI=1S/C19H21N3O4/c20-22-18(23)14-25-17-11-5-4-9-16(17)10-6-12-21-19(24)26-13-15-7-2-1-3-8-15/h1-11H,12-14,20H2,(H,21,24)(H,22,23). The molecule has 0 aliphatic rings. The van der Waals surface area contributed by atoms with Crippen LogP contribution in [0.25, 0.3) is 6.08 Å². The minimum Gasteiger partial charge on any atom is -0.483 e. The molecular formula is C19H21N3O4. The summed E-state index contributed by atoms with van der Waals surface area (Å²) in [6.07, 6.45) is 3.05. The molecule has 0 saturated heterocycles. The third-order valence-corrected chi connectivity index (χ3v) is 3.31. The van der Waals surface area contributed by atoms with Crippen LogP contribution in [0.2, 0.25) is 0 Å². The quantitative estimate of drug-likeness (QED) is 0.382. The van der Waals surface area contributed by atoms with Crippen LogP contribution in [0.5, 0.6) is 5.75 Å². The molecule has 0 aliphatic carbocycles. The number of hydrogen-bond acceptors (Lipinski definition) is 5. The fourth-order valence-electron chi connectivity index (χ4n) is 2.04. The van der Waals surface area contributed by atoms with Crippen LogP contribution in [0.15, 0.2) is 60.7 Å². The maximum atomic E-state index is 11.7. The first kappa shape index (κ1) is 19.0. The van der Waals surface area contributed by atoms with Gasteiger partial charge in [-0.2, -0.15) is 0 Å². The molecule has 7 nitrogen and oxygen atoms in total. The Morgan fingerprint density at radius 3 is 2.54 bits per heavy atom. The Morgan fingerprint density at radius 1 is 1.04 bits per heavy atom. The van der Waals surface area contributed by atoms with Crippen molar-refractivity contribution in [3.8, 4) is 5.75 Å². The van der Waals surface area contributed by atoms with Gasteiger partial charge in [0.15, 0.2) is 6.61 Å². The van der Waals surface area contributed by atoms with E-state index in [0.717, 1.165) is 11.1 Å². The van der Waals surface area contributed by atoms with Crippen molar-refractivity contribution in [2.75, 3.05) is 13.2 Å². The highest BCUT2D eigenvalue weighted by Gasteiger charge is 2.04. The molecule has 0 spiro atoms. The summed E-state index contributed by atoms with van der Waals surface area (Å²) in [7, 11) is 0. The number of amides is 2. The number of hydrazine groups is 1. The van der Waals surface area contributed by atoms with Gasteiger partial charge in [-0.25, -0.2) is 10.6 Å². The molecule has 4 N–H and O–H groups in total. The summed E-state index contributed by atoms with van der Waals surface area (Å²) in [6, 6.07) is 16.7. The monoisotopic (exact) mass is 355 g/mol. The molecule has 0 aliphatic heterocycles. The Labute approximate surface area is 151 Å². The maximum absolute atomic E-state index is 11.7. The molecule has 0 aromatic heterocycles. The zero-order chi connectivity index (χ0) is 18.6. The van der Waals surface area contributed by atoms with E-state index in [9.17, 15) is 9.59 Å². The fourth-order valence-corrected chi connectivity index (χ4v) is 2.04. The van der Waals surface area contributed by atoms with E-state index in [1.54, 1.807) is 24.3 Å². The summed E-state index contributed by atoms with van der Waals surface area (Å²) in [5, 5.41) is 2.63. The highest BCUT2D eigenvalue weighted by atomic mass is 16.5. The average molecular weight is 355 g/mol. The molecule has 0 saturated carbocycles. The summed E-state index contributed by atoms with van der Waals surface area (Å²) in [6.45, 7) is 0.340. The number of carbonyl (C=O) groups is 2. The minimum absolute atomic E-state index is 0.175. The third kappa shape index (κ3) is 6.66. The number of benzene rings is 2. The van der Waals surface area contributed by atoms with Crippen molar-refractivity contribution in [2.45, 2.75) is 6.61 Å². The van der Waals surface area contributed by atoms with E-state index in [-0.39, 0.29) is 13.2 Å². The van der Waals surface area contributed by atoms with E-state index in [1.165, 1.54) is 0 Å². The molecule has 7 heteroatoms. The summed E-state index contributed by atoms with van der Waals surface area (Å²) >= 11 is 0. The fraction of sp³-hybridized carbons (Fsp3) is 0.158. The maximum Gasteiger partial charge on any atom is 0.407 e. The number of para-hydroxylation sites is 1. The van der Waals surface area contributed by atoms with Crippen LogP contribution in [0.1, 0.15) is 11.1 Å². The lowest BCUT2D eigenvalue weighted by atomic mass is 10.2. The second kappa shape index (κ2) is 10.5. The number of nitrogens with two attached hydrogens (primary N) is 1. The van der Waals surface area contributed by atoms with Crippen molar-refractivity contribution in [3.05, 3.63) is 71.8 Å². The molecule has 0 fully saturated rings. The number of ether oxygens (including phenoxy) is 2. The second-order valence-electron chi connectivity index (χ2n) is 5.24. The lowest BCUT2D eigenvalue weighted by molar-refractivity contribution is -0.123. The molecule has 0 unspecified atom stereocenters. The zero-order valence-corrected chi connectivity index (χ0v) is 14.2. The molecular weight excluding hydrogens is 334 g/mol. The van der Waals surface area contributed by atoms with Crippen molar-refractivity contribution < 1.29 is 19.1 Å². The first-order chi connectivity index (χ1) is 12.7. The summed E-state index contributed by atoms with van der Waals surface area (Å²) in [5.74, 6) is 5.13. The molecule has 2 rings (SSSR count). The van der Waals surface area contributed by atoms with E-state index < -0.39 is 12.0 Å². The number of alkyl carbamates (subject to hydrolysis) is 1. The lowest BCUT2D eigenvalue weighted by Gasteiger charge is -2.08. The Kier molecular flexibility index (Phi) is 7.70. The normalized spacial score (nSPS) is 10.3. The summed E-state index contributed by atoms with van der Waals surface area (Å²) in [4.78, 5) is 22.8. The van der Waals surface area contributed by atoms with Gasteiger partial charge in [-0.15, -0.1) is 0 Å². The van der Waals surface area contributed by atoms with Crippen LogP contribution in [0.4, 0.5) is 4.79 Å². The molecule has 2 aromatic carbocycles. The Bertz CT molecular complexity index is 747. The van der Waals surface area contributed by atoms with Gasteiger partial charge in [0.25, 0.3) is 5.91 Å². The van der Waals surface area contributed by atoms with E-state index >= 15 is 0 Å². The van der Waals surface area contributed by atoms with Crippen molar-refractivity contribution >= 4 is 18.1 Å². The Hall–Kier alpha value is -3.32. The molecule has 136 valence electrons. The number of rotatable bonds is 8. The number of nitrogens with one attached hydrogen (secondary N) is 2. The predicted octanol–water partition coefficient (Wildman–Crippen LogP) is 1.99. The second-order valence-corrected chi connectivity index (χ2v) is 5.24. The van der Waals surface area contributed by atoms with Crippen LogP contribution < -0.4 is 21.3 Å². The Morgan fingerprint density at radius 2 is 1.77 bits per heavy atom. The first-order valence-electron chi connectivity index (χ1n) is 8.01. The largest absolute Gasteiger partial charge is 0.483 e. The van der Waals surface area contributed by atoms with Crippen molar-refractivity contribution in [1.29, 1.82) is 0 Å². The van der Waals surface area contributed by atoms with Crippen LogP contribution >= 0.6 is 0 Å². The van der Waals surface area contributed by atoms with E-state index in [2.05, 4.69) is 5.32 Å². The molecule has 26 heavy (non-hydrogen) atoms.